The molecule has 0 radical (unpaired) electrons. The summed E-state index contributed by atoms with van der Waals surface area (Å²) in [6, 6.07) is 8.42. The molecule has 1 unspecified atom stereocenters. The number of nitrogens with one attached hydrogen (secondary N) is 1. The Hall–Kier alpha value is -1.32. The highest BCUT2D eigenvalue weighted by molar-refractivity contribution is 5.83. The van der Waals surface area contributed by atoms with Gasteiger partial charge in [0.15, 0.2) is 0 Å². The maximum absolute atomic E-state index is 5.93. The predicted molar refractivity (Wildman–Crippen MR) is 69.0 cm³/mol. The smallest absolute Gasteiger partial charge is 0.0516 e. The van der Waals surface area contributed by atoms with Crippen molar-refractivity contribution in [3.05, 3.63) is 36.0 Å². The standard InChI is InChI=1S/C14H18N2O/c15-6-11(5-10-8-17-9-10)13-7-16-14-4-2-1-3-12(13)14/h1-4,7,10-11,16H,5-6,8-9,15H2. The van der Waals surface area contributed by atoms with Crippen LogP contribution in [0, 0.1) is 5.92 Å². The monoisotopic (exact) mass is 230 g/mol. The van der Waals surface area contributed by atoms with Gasteiger partial charge in [-0.3, -0.25) is 0 Å². The number of nitrogens with two attached hydrogens (primary N) is 1. The summed E-state index contributed by atoms with van der Waals surface area (Å²) in [5.74, 6) is 1.14. The van der Waals surface area contributed by atoms with Gasteiger partial charge >= 0.3 is 0 Å². The van der Waals surface area contributed by atoms with E-state index in [1.54, 1.807) is 0 Å². The van der Waals surface area contributed by atoms with E-state index in [0.29, 0.717) is 18.4 Å². The summed E-state index contributed by atoms with van der Waals surface area (Å²) in [6.07, 6.45) is 3.25. The van der Waals surface area contributed by atoms with Gasteiger partial charge in [0, 0.05) is 23.0 Å². The van der Waals surface area contributed by atoms with Gasteiger partial charge in [-0.15, -0.1) is 0 Å². The van der Waals surface area contributed by atoms with Crippen molar-refractivity contribution in [3.8, 4) is 0 Å². The zero-order valence-electron chi connectivity index (χ0n) is 9.86. The summed E-state index contributed by atoms with van der Waals surface area (Å²) in [6.45, 7) is 2.51. The fourth-order valence-corrected chi connectivity index (χ4v) is 2.60. The topological polar surface area (TPSA) is 51.0 Å². The fourth-order valence-electron chi connectivity index (χ4n) is 2.60. The third-order valence-electron chi connectivity index (χ3n) is 3.67. The molecule has 1 aromatic heterocycles. The van der Waals surface area contributed by atoms with E-state index in [1.807, 2.05) is 0 Å². The second-order valence-electron chi connectivity index (χ2n) is 4.86. The van der Waals surface area contributed by atoms with Crippen LogP contribution in [-0.2, 0) is 4.74 Å². The van der Waals surface area contributed by atoms with Gasteiger partial charge in [-0.2, -0.15) is 0 Å². The molecule has 3 nitrogen and oxygen atoms in total. The third-order valence-corrected chi connectivity index (χ3v) is 3.67. The van der Waals surface area contributed by atoms with Crippen LogP contribution in [0.2, 0.25) is 0 Å². The van der Waals surface area contributed by atoms with E-state index < -0.39 is 0 Å². The van der Waals surface area contributed by atoms with Gasteiger partial charge in [-0.05, 0) is 30.5 Å². The number of fused-ring (bicyclic) bond motifs is 1. The quantitative estimate of drug-likeness (QED) is 0.846. The number of rotatable bonds is 4. The molecule has 1 aliphatic rings. The molecule has 1 saturated heterocycles. The average molecular weight is 230 g/mol. The summed E-state index contributed by atoms with van der Waals surface area (Å²) in [4.78, 5) is 3.33. The van der Waals surface area contributed by atoms with Crippen molar-refractivity contribution in [1.29, 1.82) is 0 Å². The number of aromatic amines is 1. The summed E-state index contributed by atoms with van der Waals surface area (Å²) in [5.41, 5.74) is 8.48. The van der Waals surface area contributed by atoms with E-state index in [1.165, 1.54) is 16.5 Å². The SMILES string of the molecule is NCC(CC1COC1)c1c[nH]c2ccccc12. The van der Waals surface area contributed by atoms with Crippen molar-refractivity contribution in [3.63, 3.8) is 0 Å². The zero-order chi connectivity index (χ0) is 11.7. The van der Waals surface area contributed by atoms with Crippen LogP contribution >= 0.6 is 0 Å². The first-order chi connectivity index (χ1) is 8.38. The van der Waals surface area contributed by atoms with Gasteiger partial charge in [0.1, 0.15) is 0 Å². The molecule has 1 atom stereocenters. The van der Waals surface area contributed by atoms with E-state index in [2.05, 4.69) is 35.4 Å². The van der Waals surface area contributed by atoms with Crippen molar-refractivity contribution in [1.82, 2.24) is 4.98 Å². The summed E-state index contributed by atoms with van der Waals surface area (Å²) < 4.78 is 5.24. The van der Waals surface area contributed by atoms with Gasteiger partial charge in [-0.25, -0.2) is 0 Å². The Morgan fingerprint density at radius 1 is 1.35 bits per heavy atom. The number of para-hydroxylation sites is 1. The summed E-state index contributed by atoms with van der Waals surface area (Å²) in [5, 5.41) is 1.31. The first-order valence-corrected chi connectivity index (χ1v) is 6.22. The Bertz CT molecular complexity index is 502. The lowest BCUT2D eigenvalue weighted by atomic mass is 9.88. The van der Waals surface area contributed by atoms with E-state index in [9.17, 15) is 0 Å². The molecule has 0 amide bonds. The normalized spacial score (nSPS) is 18.2. The van der Waals surface area contributed by atoms with Crippen molar-refractivity contribution in [2.24, 2.45) is 11.7 Å². The number of H-pyrrole nitrogens is 1. The lowest BCUT2D eigenvalue weighted by Crippen LogP contribution is -2.30. The van der Waals surface area contributed by atoms with Crippen LogP contribution in [0.15, 0.2) is 30.5 Å². The fraction of sp³-hybridized carbons (Fsp3) is 0.429. The summed E-state index contributed by atoms with van der Waals surface area (Å²) >= 11 is 0. The van der Waals surface area contributed by atoms with Crippen molar-refractivity contribution in [2.75, 3.05) is 19.8 Å². The molecule has 1 aliphatic heterocycles. The van der Waals surface area contributed by atoms with Gasteiger partial charge in [-0.1, -0.05) is 18.2 Å². The maximum Gasteiger partial charge on any atom is 0.0516 e. The molecule has 2 aromatic rings. The first-order valence-electron chi connectivity index (χ1n) is 6.22. The Kier molecular flexibility index (Phi) is 2.87. The van der Waals surface area contributed by atoms with Crippen LogP contribution in [-0.4, -0.2) is 24.7 Å². The van der Waals surface area contributed by atoms with E-state index in [-0.39, 0.29) is 0 Å². The lowest BCUT2D eigenvalue weighted by Gasteiger charge is -2.29. The molecule has 0 saturated carbocycles. The molecule has 3 heteroatoms. The van der Waals surface area contributed by atoms with Crippen LogP contribution in [0.4, 0.5) is 0 Å². The highest BCUT2D eigenvalue weighted by atomic mass is 16.5. The van der Waals surface area contributed by atoms with Crippen molar-refractivity contribution in [2.45, 2.75) is 12.3 Å². The van der Waals surface area contributed by atoms with Crippen LogP contribution in [0.5, 0.6) is 0 Å². The molecule has 0 aliphatic carbocycles. The van der Waals surface area contributed by atoms with Gasteiger partial charge < -0.3 is 15.5 Å². The minimum absolute atomic E-state index is 0.444. The second kappa shape index (κ2) is 4.51. The van der Waals surface area contributed by atoms with E-state index >= 15 is 0 Å². The number of hydrogen-bond acceptors (Lipinski definition) is 2. The van der Waals surface area contributed by atoms with Gasteiger partial charge in [0.05, 0.1) is 13.2 Å². The molecular formula is C14H18N2O. The van der Waals surface area contributed by atoms with Crippen molar-refractivity contribution >= 4 is 10.9 Å². The Morgan fingerprint density at radius 3 is 2.88 bits per heavy atom. The number of ether oxygens (including phenoxy) is 1. The second-order valence-corrected chi connectivity index (χ2v) is 4.86. The Labute approximate surface area is 101 Å². The molecule has 3 N–H and O–H groups in total. The molecule has 90 valence electrons. The van der Waals surface area contributed by atoms with Crippen LogP contribution < -0.4 is 5.73 Å². The molecule has 2 heterocycles. The van der Waals surface area contributed by atoms with Crippen LogP contribution in [0.25, 0.3) is 10.9 Å². The largest absolute Gasteiger partial charge is 0.381 e. The minimum atomic E-state index is 0.444. The molecule has 3 rings (SSSR count). The number of hydrogen-bond donors (Lipinski definition) is 2. The molecule has 1 fully saturated rings. The number of benzene rings is 1. The highest BCUT2D eigenvalue weighted by Gasteiger charge is 2.24. The van der Waals surface area contributed by atoms with Crippen LogP contribution in [0.1, 0.15) is 17.9 Å². The first kappa shape index (κ1) is 10.8. The Balaban J connectivity index is 1.89. The molecular weight excluding hydrogens is 212 g/mol. The minimum Gasteiger partial charge on any atom is -0.381 e. The number of aromatic nitrogens is 1. The van der Waals surface area contributed by atoms with E-state index in [4.69, 9.17) is 10.5 Å². The maximum atomic E-state index is 5.93. The molecule has 1 aromatic carbocycles. The molecule has 0 bridgehead atoms. The molecule has 17 heavy (non-hydrogen) atoms. The predicted octanol–water partition coefficient (Wildman–Crippen LogP) is 2.25. The lowest BCUT2D eigenvalue weighted by molar-refractivity contribution is -0.0381. The van der Waals surface area contributed by atoms with Crippen LogP contribution in [0.3, 0.4) is 0 Å². The summed E-state index contributed by atoms with van der Waals surface area (Å²) in [7, 11) is 0. The zero-order valence-corrected chi connectivity index (χ0v) is 9.86. The Morgan fingerprint density at radius 2 is 2.18 bits per heavy atom. The third kappa shape index (κ3) is 1.96. The highest BCUT2D eigenvalue weighted by Crippen LogP contribution is 2.31. The average Bonchev–Trinajstić information content (AvgIpc) is 2.72. The van der Waals surface area contributed by atoms with Gasteiger partial charge in [0.2, 0.25) is 0 Å². The van der Waals surface area contributed by atoms with Gasteiger partial charge in [0.25, 0.3) is 0 Å². The van der Waals surface area contributed by atoms with E-state index in [0.717, 1.165) is 19.6 Å². The molecule has 0 spiro atoms. The van der Waals surface area contributed by atoms with Crippen molar-refractivity contribution < 1.29 is 4.74 Å².